The number of rotatable bonds is 6. The van der Waals surface area contributed by atoms with Gasteiger partial charge in [-0.1, -0.05) is 12.1 Å². The van der Waals surface area contributed by atoms with Crippen LogP contribution in [0.2, 0.25) is 0 Å². The van der Waals surface area contributed by atoms with Gasteiger partial charge in [0.05, 0.1) is 11.5 Å². The van der Waals surface area contributed by atoms with Gasteiger partial charge in [-0.3, -0.25) is 10.1 Å². The van der Waals surface area contributed by atoms with Crippen molar-refractivity contribution in [2.45, 2.75) is 26.4 Å². The number of alkyl carbamates (subject to hydrolysis) is 1. The largest absolute Gasteiger partial charge is 0.492 e. The molecule has 0 saturated heterocycles. The van der Waals surface area contributed by atoms with Gasteiger partial charge in [-0.05, 0) is 56.2 Å². The number of nitrogens with zero attached hydrogens (tertiary/aromatic N) is 1. The van der Waals surface area contributed by atoms with Gasteiger partial charge in [0.25, 0.3) is 5.69 Å². The zero-order valence-electron chi connectivity index (χ0n) is 15.0. The van der Waals surface area contributed by atoms with Crippen LogP contribution < -0.4 is 10.1 Å². The van der Waals surface area contributed by atoms with Crippen molar-refractivity contribution in [2.24, 2.45) is 0 Å². The average Bonchev–Trinajstić information content (AvgIpc) is 2.58. The van der Waals surface area contributed by atoms with Crippen LogP contribution in [0, 0.1) is 10.1 Å². The highest BCUT2D eigenvalue weighted by Crippen LogP contribution is 2.24. The van der Waals surface area contributed by atoms with E-state index in [9.17, 15) is 14.9 Å². The van der Waals surface area contributed by atoms with Crippen molar-refractivity contribution >= 4 is 11.8 Å². The van der Waals surface area contributed by atoms with Crippen molar-refractivity contribution in [1.82, 2.24) is 5.32 Å². The molecule has 2 aromatic rings. The molecule has 26 heavy (non-hydrogen) atoms. The van der Waals surface area contributed by atoms with E-state index in [1.54, 1.807) is 32.9 Å². The van der Waals surface area contributed by atoms with Crippen LogP contribution in [0.5, 0.6) is 5.75 Å². The highest BCUT2D eigenvalue weighted by Gasteiger charge is 2.15. The van der Waals surface area contributed by atoms with E-state index in [4.69, 9.17) is 9.47 Å². The molecule has 0 bridgehead atoms. The fourth-order valence-corrected chi connectivity index (χ4v) is 2.16. The molecule has 0 radical (unpaired) electrons. The predicted molar refractivity (Wildman–Crippen MR) is 98.3 cm³/mol. The van der Waals surface area contributed by atoms with Crippen molar-refractivity contribution in [2.75, 3.05) is 13.2 Å². The van der Waals surface area contributed by atoms with E-state index in [1.807, 2.05) is 24.3 Å². The Labute approximate surface area is 152 Å². The summed E-state index contributed by atoms with van der Waals surface area (Å²) in [5, 5.41) is 13.3. The first-order valence-electron chi connectivity index (χ1n) is 8.19. The molecular weight excluding hydrogens is 336 g/mol. The number of nitro groups is 1. The van der Waals surface area contributed by atoms with Crippen LogP contribution in [-0.4, -0.2) is 29.8 Å². The lowest BCUT2D eigenvalue weighted by molar-refractivity contribution is -0.384. The van der Waals surface area contributed by atoms with Crippen molar-refractivity contribution in [3.63, 3.8) is 0 Å². The summed E-state index contributed by atoms with van der Waals surface area (Å²) in [6.45, 7) is 6.05. The van der Waals surface area contributed by atoms with Gasteiger partial charge in [0.1, 0.15) is 18.0 Å². The predicted octanol–water partition coefficient (Wildman–Crippen LogP) is 4.17. The van der Waals surface area contributed by atoms with Crippen LogP contribution in [-0.2, 0) is 4.74 Å². The molecule has 0 spiro atoms. The monoisotopic (exact) mass is 358 g/mol. The fraction of sp³-hybridized carbons (Fsp3) is 0.316. The minimum absolute atomic E-state index is 0.0613. The average molecular weight is 358 g/mol. The summed E-state index contributed by atoms with van der Waals surface area (Å²) >= 11 is 0. The maximum atomic E-state index is 11.5. The molecule has 0 aliphatic carbocycles. The molecule has 2 aromatic carbocycles. The Hall–Kier alpha value is -3.09. The molecule has 7 nitrogen and oxygen atoms in total. The number of non-ortho nitro benzene ring substituents is 1. The lowest BCUT2D eigenvalue weighted by atomic mass is 10.1. The highest BCUT2D eigenvalue weighted by atomic mass is 16.6. The molecule has 0 heterocycles. The van der Waals surface area contributed by atoms with Crippen molar-refractivity contribution in [1.29, 1.82) is 0 Å². The Morgan fingerprint density at radius 2 is 1.58 bits per heavy atom. The topological polar surface area (TPSA) is 90.7 Å². The van der Waals surface area contributed by atoms with E-state index in [0.717, 1.165) is 11.1 Å². The third-order valence-corrected chi connectivity index (χ3v) is 3.30. The molecule has 0 saturated carbocycles. The van der Waals surface area contributed by atoms with Gasteiger partial charge in [0.2, 0.25) is 0 Å². The SMILES string of the molecule is CC(C)(C)OC(=O)NCCOc1ccc(-c2ccc([N+](=O)[O-])cc2)cc1. The van der Waals surface area contributed by atoms with Crippen LogP contribution in [0.15, 0.2) is 48.5 Å². The van der Waals surface area contributed by atoms with E-state index in [1.165, 1.54) is 12.1 Å². The first-order chi connectivity index (χ1) is 12.2. The molecule has 1 N–H and O–H groups in total. The van der Waals surface area contributed by atoms with E-state index >= 15 is 0 Å². The summed E-state index contributed by atoms with van der Waals surface area (Å²) in [5.41, 5.74) is 1.35. The van der Waals surface area contributed by atoms with E-state index in [2.05, 4.69) is 5.32 Å². The number of ether oxygens (including phenoxy) is 2. The first kappa shape index (κ1) is 19.2. The molecule has 1 amide bonds. The Kier molecular flexibility index (Phi) is 6.16. The lowest BCUT2D eigenvalue weighted by Gasteiger charge is -2.19. The van der Waals surface area contributed by atoms with E-state index in [-0.39, 0.29) is 5.69 Å². The zero-order chi connectivity index (χ0) is 19.2. The number of hydrogen-bond donors (Lipinski definition) is 1. The van der Waals surface area contributed by atoms with Gasteiger partial charge < -0.3 is 14.8 Å². The van der Waals surface area contributed by atoms with Gasteiger partial charge in [0, 0.05) is 12.1 Å². The number of nitrogens with one attached hydrogen (secondary N) is 1. The third kappa shape index (κ3) is 6.08. The number of hydrogen-bond acceptors (Lipinski definition) is 5. The normalized spacial score (nSPS) is 10.9. The third-order valence-electron chi connectivity index (χ3n) is 3.30. The Morgan fingerprint density at radius 1 is 1.04 bits per heavy atom. The van der Waals surface area contributed by atoms with Crippen LogP contribution in [0.25, 0.3) is 11.1 Å². The number of carbonyl (C=O) groups excluding carboxylic acids is 1. The Morgan fingerprint density at radius 3 is 2.08 bits per heavy atom. The molecule has 138 valence electrons. The van der Waals surface area contributed by atoms with E-state index in [0.29, 0.717) is 18.9 Å². The maximum Gasteiger partial charge on any atom is 0.407 e. The number of carbonyl (C=O) groups is 1. The summed E-state index contributed by atoms with van der Waals surface area (Å²) in [7, 11) is 0. The first-order valence-corrected chi connectivity index (χ1v) is 8.19. The molecule has 0 unspecified atom stereocenters. The van der Waals surface area contributed by atoms with Gasteiger partial charge in [-0.2, -0.15) is 0 Å². The van der Waals surface area contributed by atoms with Gasteiger partial charge in [-0.25, -0.2) is 4.79 Å². The quantitative estimate of drug-likeness (QED) is 0.475. The second-order valence-corrected chi connectivity index (χ2v) is 6.61. The van der Waals surface area contributed by atoms with Crippen molar-refractivity contribution in [3.8, 4) is 16.9 Å². The zero-order valence-corrected chi connectivity index (χ0v) is 15.0. The number of amides is 1. The van der Waals surface area contributed by atoms with Crippen LogP contribution in [0.1, 0.15) is 20.8 Å². The Balaban J connectivity index is 1.82. The molecule has 0 aliphatic rings. The molecule has 0 aliphatic heterocycles. The van der Waals surface area contributed by atoms with Gasteiger partial charge in [-0.15, -0.1) is 0 Å². The van der Waals surface area contributed by atoms with Gasteiger partial charge in [0.15, 0.2) is 0 Å². The second kappa shape index (κ2) is 8.33. The van der Waals surface area contributed by atoms with E-state index < -0.39 is 16.6 Å². The number of benzene rings is 2. The van der Waals surface area contributed by atoms with Crippen LogP contribution in [0.4, 0.5) is 10.5 Å². The smallest absolute Gasteiger partial charge is 0.407 e. The van der Waals surface area contributed by atoms with Crippen LogP contribution in [0.3, 0.4) is 0 Å². The van der Waals surface area contributed by atoms with Gasteiger partial charge >= 0.3 is 6.09 Å². The minimum Gasteiger partial charge on any atom is -0.492 e. The lowest BCUT2D eigenvalue weighted by Crippen LogP contribution is -2.34. The number of nitro benzene ring substituents is 1. The second-order valence-electron chi connectivity index (χ2n) is 6.61. The van der Waals surface area contributed by atoms with Crippen LogP contribution >= 0.6 is 0 Å². The van der Waals surface area contributed by atoms with Crippen molar-refractivity contribution < 1.29 is 19.2 Å². The Bertz CT molecular complexity index is 749. The molecular formula is C19H22N2O5. The summed E-state index contributed by atoms with van der Waals surface area (Å²) in [5.74, 6) is 0.668. The molecule has 7 heteroatoms. The molecule has 2 rings (SSSR count). The van der Waals surface area contributed by atoms with Crippen molar-refractivity contribution in [3.05, 3.63) is 58.6 Å². The molecule has 0 atom stereocenters. The highest BCUT2D eigenvalue weighted by molar-refractivity contribution is 5.67. The molecule has 0 fully saturated rings. The fourth-order valence-electron chi connectivity index (χ4n) is 2.16. The summed E-state index contributed by atoms with van der Waals surface area (Å²) < 4.78 is 10.7. The summed E-state index contributed by atoms with van der Waals surface area (Å²) in [6, 6.07) is 13.7. The summed E-state index contributed by atoms with van der Waals surface area (Å²) in [4.78, 5) is 21.8. The maximum absolute atomic E-state index is 11.5. The molecule has 0 aromatic heterocycles. The standard InChI is InChI=1S/C19H22N2O5/c1-19(2,3)26-18(22)20-12-13-25-17-10-6-15(7-11-17)14-4-8-16(9-5-14)21(23)24/h4-11H,12-13H2,1-3H3,(H,20,22). The minimum atomic E-state index is -0.529. The summed E-state index contributed by atoms with van der Waals surface area (Å²) in [6.07, 6.45) is -0.477.